The summed E-state index contributed by atoms with van der Waals surface area (Å²) in [4.78, 5) is 0. The minimum Gasteiger partial charge on any atom is -0.496 e. The lowest BCUT2D eigenvalue weighted by molar-refractivity contribution is 0.245. The zero-order valence-electron chi connectivity index (χ0n) is 11.8. The SMILES string of the molecule is COc1ccccc1CNc1snc(N)c1OC(C)C. The average molecular weight is 293 g/mol. The molecule has 3 N–H and O–H groups in total. The van der Waals surface area contributed by atoms with Gasteiger partial charge in [0.2, 0.25) is 0 Å². The van der Waals surface area contributed by atoms with Gasteiger partial charge in [-0.25, -0.2) is 0 Å². The van der Waals surface area contributed by atoms with Crippen LogP contribution in [0.25, 0.3) is 0 Å². The third-order valence-corrected chi connectivity index (χ3v) is 3.46. The molecule has 0 aliphatic rings. The number of nitrogens with two attached hydrogens (primary N) is 1. The molecule has 1 heterocycles. The van der Waals surface area contributed by atoms with Crippen molar-refractivity contribution in [2.45, 2.75) is 26.5 Å². The van der Waals surface area contributed by atoms with Crippen molar-refractivity contribution in [3.8, 4) is 11.5 Å². The quantitative estimate of drug-likeness (QED) is 0.856. The summed E-state index contributed by atoms with van der Waals surface area (Å²) in [6.45, 7) is 4.54. The maximum Gasteiger partial charge on any atom is 0.197 e. The van der Waals surface area contributed by atoms with Crippen LogP contribution in [-0.4, -0.2) is 17.6 Å². The van der Waals surface area contributed by atoms with Gasteiger partial charge in [-0.05, 0) is 31.4 Å². The molecule has 0 aliphatic heterocycles. The Kier molecular flexibility index (Phi) is 4.68. The second-order valence-corrected chi connectivity index (χ2v) is 5.33. The van der Waals surface area contributed by atoms with Gasteiger partial charge >= 0.3 is 0 Å². The van der Waals surface area contributed by atoms with Crippen molar-refractivity contribution >= 4 is 22.4 Å². The van der Waals surface area contributed by atoms with Crippen LogP contribution in [0.4, 0.5) is 10.8 Å². The summed E-state index contributed by atoms with van der Waals surface area (Å²) in [5.74, 6) is 1.90. The number of hydrogen-bond donors (Lipinski definition) is 2. The monoisotopic (exact) mass is 293 g/mol. The molecule has 2 rings (SSSR count). The Labute approximate surface area is 122 Å². The normalized spacial score (nSPS) is 10.6. The fraction of sp³-hybridized carbons (Fsp3) is 0.357. The standard InChI is InChI=1S/C14H19N3O2S/c1-9(2)19-12-13(15)17-20-14(12)16-8-10-6-4-5-7-11(10)18-3/h4-7,9,16H,8H2,1-3H3,(H2,15,17). The fourth-order valence-corrected chi connectivity index (χ4v) is 2.43. The largest absolute Gasteiger partial charge is 0.496 e. The number of benzene rings is 1. The van der Waals surface area contributed by atoms with Gasteiger partial charge in [0.05, 0.1) is 13.2 Å². The van der Waals surface area contributed by atoms with Gasteiger partial charge < -0.3 is 20.5 Å². The van der Waals surface area contributed by atoms with E-state index >= 15 is 0 Å². The second kappa shape index (κ2) is 6.47. The molecule has 2 aromatic rings. The van der Waals surface area contributed by atoms with Gasteiger partial charge in [0.25, 0.3) is 0 Å². The molecule has 6 heteroatoms. The zero-order valence-corrected chi connectivity index (χ0v) is 12.7. The molecule has 20 heavy (non-hydrogen) atoms. The molecular weight excluding hydrogens is 274 g/mol. The van der Waals surface area contributed by atoms with E-state index in [2.05, 4.69) is 9.69 Å². The summed E-state index contributed by atoms with van der Waals surface area (Å²) in [6.07, 6.45) is 0.0560. The maximum atomic E-state index is 5.82. The number of para-hydroxylation sites is 1. The summed E-state index contributed by atoms with van der Waals surface area (Å²) in [5, 5.41) is 4.14. The van der Waals surface area contributed by atoms with Gasteiger partial charge in [-0.15, -0.1) is 0 Å². The van der Waals surface area contributed by atoms with E-state index in [0.717, 1.165) is 16.3 Å². The third kappa shape index (κ3) is 3.33. The molecular formula is C14H19N3O2S. The minimum absolute atomic E-state index is 0.0560. The van der Waals surface area contributed by atoms with Crippen LogP contribution in [0.15, 0.2) is 24.3 Å². The predicted molar refractivity (Wildman–Crippen MR) is 82.6 cm³/mol. The molecule has 0 saturated heterocycles. The van der Waals surface area contributed by atoms with Crippen LogP contribution >= 0.6 is 11.5 Å². The first-order chi connectivity index (χ1) is 9.61. The molecule has 0 aliphatic carbocycles. The van der Waals surface area contributed by atoms with Crippen LogP contribution in [0.5, 0.6) is 11.5 Å². The first kappa shape index (κ1) is 14.5. The van der Waals surface area contributed by atoms with Gasteiger partial charge in [0.1, 0.15) is 5.75 Å². The first-order valence-corrected chi connectivity index (χ1v) is 7.16. The van der Waals surface area contributed by atoms with Crippen molar-refractivity contribution in [1.29, 1.82) is 0 Å². The van der Waals surface area contributed by atoms with E-state index in [1.165, 1.54) is 11.5 Å². The molecule has 0 radical (unpaired) electrons. The lowest BCUT2D eigenvalue weighted by atomic mass is 10.2. The van der Waals surface area contributed by atoms with Crippen molar-refractivity contribution in [3.05, 3.63) is 29.8 Å². The Morgan fingerprint density at radius 1 is 1.35 bits per heavy atom. The lowest BCUT2D eigenvalue weighted by Crippen LogP contribution is -2.09. The molecule has 5 nitrogen and oxygen atoms in total. The molecule has 0 unspecified atom stereocenters. The minimum atomic E-state index is 0.0560. The number of ether oxygens (including phenoxy) is 2. The number of rotatable bonds is 6. The predicted octanol–water partition coefficient (Wildman–Crippen LogP) is 3.13. The molecule has 108 valence electrons. The summed E-state index contributed by atoms with van der Waals surface area (Å²) < 4.78 is 15.1. The van der Waals surface area contributed by atoms with Gasteiger partial charge in [-0.3, -0.25) is 0 Å². The Balaban J connectivity index is 2.11. The van der Waals surface area contributed by atoms with E-state index in [4.69, 9.17) is 15.2 Å². The number of nitrogens with zero attached hydrogens (tertiary/aromatic N) is 1. The van der Waals surface area contributed by atoms with E-state index < -0.39 is 0 Å². The van der Waals surface area contributed by atoms with Crippen molar-refractivity contribution < 1.29 is 9.47 Å². The number of aromatic nitrogens is 1. The van der Waals surface area contributed by atoms with Crippen molar-refractivity contribution in [1.82, 2.24) is 4.37 Å². The zero-order chi connectivity index (χ0) is 14.5. The maximum absolute atomic E-state index is 5.82. The van der Waals surface area contributed by atoms with Crippen LogP contribution in [0.1, 0.15) is 19.4 Å². The van der Waals surface area contributed by atoms with E-state index in [-0.39, 0.29) is 6.10 Å². The fourth-order valence-electron chi connectivity index (χ4n) is 1.78. The van der Waals surface area contributed by atoms with Gasteiger partial charge in [0, 0.05) is 12.1 Å². The average Bonchev–Trinajstić information content (AvgIpc) is 2.77. The molecule has 1 aromatic heterocycles. The second-order valence-electron chi connectivity index (χ2n) is 4.56. The number of nitrogens with one attached hydrogen (secondary N) is 1. The lowest BCUT2D eigenvalue weighted by Gasteiger charge is -2.12. The van der Waals surface area contributed by atoms with Crippen LogP contribution in [0, 0.1) is 0 Å². The highest BCUT2D eigenvalue weighted by Crippen LogP contribution is 2.36. The highest BCUT2D eigenvalue weighted by atomic mass is 32.1. The van der Waals surface area contributed by atoms with E-state index in [9.17, 15) is 0 Å². The van der Waals surface area contributed by atoms with E-state index in [1.54, 1.807) is 7.11 Å². The molecule has 0 bridgehead atoms. The van der Waals surface area contributed by atoms with Gasteiger partial charge in [-0.1, -0.05) is 18.2 Å². The smallest absolute Gasteiger partial charge is 0.197 e. The van der Waals surface area contributed by atoms with Crippen molar-refractivity contribution in [2.24, 2.45) is 0 Å². The van der Waals surface area contributed by atoms with Crippen LogP contribution in [0.2, 0.25) is 0 Å². The van der Waals surface area contributed by atoms with Crippen LogP contribution in [-0.2, 0) is 6.54 Å². The molecule has 0 saturated carbocycles. The summed E-state index contributed by atoms with van der Waals surface area (Å²) in [5.41, 5.74) is 6.89. The molecule has 0 atom stereocenters. The molecule has 0 spiro atoms. The topological polar surface area (TPSA) is 69.4 Å². The van der Waals surface area contributed by atoms with E-state index in [1.807, 2.05) is 38.1 Å². The van der Waals surface area contributed by atoms with Gasteiger partial charge in [-0.2, -0.15) is 4.37 Å². The van der Waals surface area contributed by atoms with Gasteiger partial charge in [0.15, 0.2) is 16.6 Å². The summed E-state index contributed by atoms with van der Waals surface area (Å²) in [6, 6.07) is 7.87. The Hall–Kier alpha value is -1.95. The Morgan fingerprint density at radius 3 is 2.80 bits per heavy atom. The number of nitrogen functional groups attached to an aromatic ring is 1. The highest BCUT2D eigenvalue weighted by Gasteiger charge is 2.14. The van der Waals surface area contributed by atoms with Crippen LogP contribution < -0.4 is 20.5 Å². The summed E-state index contributed by atoms with van der Waals surface area (Å²) >= 11 is 1.30. The Morgan fingerprint density at radius 2 is 2.10 bits per heavy atom. The number of hydrogen-bond acceptors (Lipinski definition) is 6. The van der Waals surface area contributed by atoms with Crippen LogP contribution in [0.3, 0.4) is 0 Å². The van der Waals surface area contributed by atoms with Crippen molar-refractivity contribution in [3.63, 3.8) is 0 Å². The summed E-state index contributed by atoms with van der Waals surface area (Å²) in [7, 11) is 1.66. The molecule has 0 fully saturated rings. The first-order valence-electron chi connectivity index (χ1n) is 6.39. The molecule has 0 amide bonds. The highest BCUT2D eigenvalue weighted by molar-refractivity contribution is 7.11. The van der Waals surface area contributed by atoms with Crippen molar-refractivity contribution in [2.75, 3.05) is 18.2 Å². The Bertz CT molecular complexity index is 569. The third-order valence-electron chi connectivity index (χ3n) is 2.66. The number of anilines is 2. The number of methoxy groups -OCH3 is 1. The molecule has 1 aromatic carbocycles. The van der Waals surface area contributed by atoms with E-state index in [0.29, 0.717) is 18.1 Å².